The molecule has 3 fully saturated rings. The number of carbonyl (C=O) groups excluding carboxylic acids is 2. The molecule has 2 amide bonds. The van der Waals surface area contributed by atoms with Gasteiger partial charge in [-0.3, -0.25) is 9.69 Å². The molecule has 3 heterocycles. The number of halogens is 1. The Balaban J connectivity index is 1.38. The maximum absolute atomic E-state index is 14.0. The number of β-amino-alcohol motifs (C(OH)–C–C–N with tert-alkyl or cyclic N) is 1. The quantitative estimate of drug-likeness (QED) is 0.808. The highest BCUT2D eigenvalue weighted by molar-refractivity contribution is 5.86. The third-order valence-corrected chi connectivity index (χ3v) is 6.14. The Labute approximate surface area is 163 Å². The van der Waals surface area contributed by atoms with Crippen molar-refractivity contribution < 1.29 is 23.8 Å². The van der Waals surface area contributed by atoms with Gasteiger partial charge in [-0.15, -0.1) is 0 Å². The van der Waals surface area contributed by atoms with Gasteiger partial charge in [0.05, 0.1) is 6.54 Å². The highest BCUT2D eigenvalue weighted by atomic mass is 19.1. The summed E-state index contributed by atoms with van der Waals surface area (Å²) in [4.78, 5) is 27.9. The molecule has 3 aliphatic rings. The zero-order chi connectivity index (χ0) is 19.8. The topological polar surface area (TPSA) is 82.1 Å². The molecular weight excluding hydrogens is 365 g/mol. The molecule has 1 aromatic rings. The van der Waals surface area contributed by atoms with E-state index in [1.807, 2.05) is 0 Å². The molecule has 1 spiro atoms. The van der Waals surface area contributed by atoms with Gasteiger partial charge in [-0.1, -0.05) is 18.2 Å². The zero-order valence-electron chi connectivity index (χ0n) is 15.8. The van der Waals surface area contributed by atoms with Crippen molar-refractivity contribution in [2.45, 2.75) is 43.4 Å². The first-order valence-corrected chi connectivity index (χ1v) is 9.84. The lowest BCUT2D eigenvalue weighted by Crippen LogP contribution is -2.60. The van der Waals surface area contributed by atoms with E-state index in [1.54, 1.807) is 23.1 Å². The van der Waals surface area contributed by atoms with E-state index < -0.39 is 11.2 Å². The van der Waals surface area contributed by atoms with Crippen molar-refractivity contribution in [3.63, 3.8) is 0 Å². The predicted molar refractivity (Wildman–Crippen MR) is 98.9 cm³/mol. The lowest BCUT2D eigenvalue weighted by atomic mass is 9.87. The molecule has 7 nitrogen and oxygen atoms in total. The molecule has 152 valence electrons. The number of likely N-dealkylation sites (tertiary alicyclic amines) is 2. The number of carbonyl (C=O) groups is 2. The summed E-state index contributed by atoms with van der Waals surface area (Å²) in [5.41, 5.74) is -1.46. The number of nitrogens with one attached hydrogen (secondary N) is 1. The summed E-state index contributed by atoms with van der Waals surface area (Å²) in [5.74, 6) is -0.679. The fourth-order valence-corrected chi connectivity index (χ4v) is 4.46. The van der Waals surface area contributed by atoms with Gasteiger partial charge in [0.2, 0.25) is 0 Å². The summed E-state index contributed by atoms with van der Waals surface area (Å²) in [6.07, 6.45) is 2.05. The molecule has 0 aromatic heterocycles. The fraction of sp³-hybridized carbons (Fsp3) is 0.600. The Morgan fingerprint density at radius 1 is 1.14 bits per heavy atom. The molecule has 0 saturated carbocycles. The second-order valence-corrected chi connectivity index (χ2v) is 8.16. The van der Waals surface area contributed by atoms with E-state index in [9.17, 15) is 19.1 Å². The minimum Gasteiger partial charge on any atom is -0.441 e. The number of aliphatic hydroxyl groups is 1. The van der Waals surface area contributed by atoms with Crippen LogP contribution in [0.5, 0.6) is 0 Å². The van der Waals surface area contributed by atoms with Crippen LogP contribution in [-0.2, 0) is 16.1 Å². The zero-order valence-corrected chi connectivity index (χ0v) is 15.8. The molecule has 2 N–H and O–H groups in total. The highest BCUT2D eigenvalue weighted by Crippen LogP contribution is 2.32. The third kappa shape index (κ3) is 3.71. The maximum Gasteiger partial charge on any atom is 0.407 e. The van der Waals surface area contributed by atoms with Crippen LogP contribution in [0.2, 0.25) is 0 Å². The fourth-order valence-electron chi connectivity index (χ4n) is 4.46. The summed E-state index contributed by atoms with van der Waals surface area (Å²) >= 11 is 0. The summed E-state index contributed by atoms with van der Waals surface area (Å²) in [5, 5.41) is 13.8. The summed E-state index contributed by atoms with van der Waals surface area (Å²) in [6.45, 7) is 2.74. The first-order chi connectivity index (χ1) is 13.4. The SMILES string of the molecule is O=C1NCC2(CCN(C[C@]3(O)CCCN(Cc4ccccc4F)C3=O)CC2)O1. The predicted octanol–water partition coefficient (Wildman–Crippen LogP) is 1.25. The molecule has 8 heteroatoms. The van der Waals surface area contributed by atoms with E-state index in [4.69, 9.17) is 4.74 Å². The minimum absolute atomic E-state index is 0.165. The summed E-state index contributed by atoms with van der Waals surface area (Å²) in [6, 6.07) is 6.41. The molecule has 3 aliphatic heterocycles. The Morgan fingerprint density at radius 3 is 2.57 bits per heavy atom. The average Bonchev–Trinajstić information content (AvgIpc) is 3.03. The standard InChI is InChI=1S/C20H26FN3O4/c21-16-5-2-1-4-15(16)12-24-9-3-6-20(27,17(24)25)14-23-10-7-19(8-11-23)13-22-18(26)28-19/h1-2,4-5,27H,3,6-14H2,(H,22,26)/t20-/m1/s1. The van der Waals surface area contributed by atoms with E-state index in [-0.39, 0.29) is 30.9 Å². The number of alkyl carbamates (subject to hydrolysis) is 1. The van der Waals surface area contributed by atoms with Crippen molar-refractivity contribution in [1.29, 1.82) is 0 Å². The smallest absolute Gasteiger partial charge is 0.407 e. The van der Waals surface area contributed by atoms with Gasteiger partial charge in [-0.05, 0) is 18.9 Å². The first-order valence-electron chi connectivity index (χ1n) is 9.84. The molecule has 3 saturated heterocycles. The second kappa shape index (κ2) is 7.33. The molecule has 4 rings (SSSR count). The van der Waals surface area contributed by atoms with Crippen LogP contribution in [-0.4, -0.2) is 70.8 Å². The van der Waals surface area contributed by atoms with Crippen LogP contribution in [0, 0.1) is 5.82 Å². The molecule has 0 aliphatic carbocycles. The van der Waals surface area contributed by atoms with Gasteiger partial charge >= 0.3 is 6.09 Å². The van der Waals surface area contributed by atoms with E-state index in [2.05, 4.69) is 10.2 Å². The van der Waals surface area contributed by atoms with Crippen molar-refractivity contribution in [2.24, 2.45) is 0 Å². The van der Waals surface area contributed by atoms with Gasteiger partial charge in [0.1, 0.15) is 11.4 Å². The van der Waals surface area contributed by atoms with E-state index in [0.717, 1.165) is 0 Å². The Bertz CT molecular complexity index is 766. The van der Waals surface area contributed by atoms with Gasteiger partial charge in [0, 0.05) is 51.1 Å². The Kier molecular flexibility index (Phi) is 5.01. The van der Waals surface area contributed by atoms with Crippen molar-refractivity contribution in [2.75, 3.05) is 32.7 Å². The molecule has 0 unspecified atom stereocenters. The second-order valence-electron chi connectivity index (χ2n) is 8.16. The van der Waals surface area contributed by atoms with Crippen molar-refractivity contribution >= 4 is 12.0 Å². The van der Waals surface area contributed by atoms with Crippen LogP contribution in [0.25, 0.3) is 0 Å². The highest BCUT2D eigenvalue weighted by Gasteiger charge is 2.47. The number of hydrogen-bond acceptors (Lipinski definition) is 5. The Morgan fingerprint density at radius 2 is 1.89 bits per heavy atom. The number of rotatable bonds is 4. The van der Waals surface area contributed by atoms with Crippen LogP contribution in [0.4, 0.5) is 9.18 Å². The molecule has 1 atom stereocenters. The van der Waals surface area contributed by atoms with Gasteiger partial charge in [-0.25, -0.2) is 9.18 Å². The molecule has 28 heavy (non-hydrogen) atoms. The van der Waals surface area contributed by atoms with Crippen molar-refractivity contribution in [3.05, 3.63) is 35.6 Å². The first kappa shape index (κ1) is 19.1. The van der Waals surface area contributed by atoms with E-state index in [0.29, 0.717) is 57.4 Å². The molecule has 0 radical (unpaired) electrons. The van der Waals surface area contributed by atoms with Gasteiger partial charge in [-0.2, -0.15) is 0 Å². The number of nitrogens with zero attached hydrogens (tertiary/aromatic N) is 2. The molecular formula is C20H26FN3O4. The Hall–Kier alpha value is -2.19. The van der Waals surface area contributed by atoms with Crippen molar-refractivity contribution in [3.8, 4) is 0 Å². The van der Waals surface area contributed by atoms with Gasteiger partial charge in [0.15, 0.2) is 5.60 Å². The van der Waals surface area contributed by atoms with Crippen LogP contribution in [0.15, 0.2) is 24.3 Å². The number of hydrogen-bond donors (Lipinski definition) is 2. The average molecular weight is 391 g/mol. The normalized spacial score (nSPS) is 27.7. The number of amides is 2. The van der Waals surface area contributed by atoms with Gasteiger partial charge < -0.3 is 20.1 Å². The van der Waals surface area contributed by atoms with E-state index >= 15 is 0 Å². The van der Waals surface area contributed by atoms with Crippen LogP contribution < -0.4 is 5.32 Å². The number of benzene rings is 1. The lowest BCUT2D eigenvalue weighted by molar-refractivity contribution is -0.161. The van der Waals surface area contributed by atoms with Crippen LogP contribution >= 0.6 is 0 Å². The van der Waals surface area contributed by atoms with Crippen LogP contribution in [0.3, 0.4) is 0 Å². The van der Waals surface area contributed by atoms with E-state index in [1.165, 1.54) is 6.07 Å². The number of ether oxygens (including phenoxy) is 1. The third-order valence-electron chi connectivity index (χ3n) is 6.14. The number of piperidine rings is 2. The molecule has 0 bridgehead atoms. The molecule has 1 aromatic carbocycles. The largest absolute Gasteiger partial charge is 0.441 e. The monoisotopic (exact) mass is 391 g/mol. The van der Waals surface area contributed by atoms with Crippen molar-refractivity contribution in [1.82, 2.24) is 15.1 Å². The lowest BCUT2D eigenvalue weighted by Gasteiger charge is -2.43. The maximum atomic E-state index is 14.0. The summed E-state index contributed by atoms with van der Waals surface area (Å²) < 4.78 is 19.4. The van der Waals surface area contributed by atoms with Gasteiger partial charge in [0.25, 0.3) is 5.91 Å². The van der Waals surface area contributed by atoms with Crippen LogP contribution in [0.1, 0.15) is 31.2 Å². The summed E-state index contributed by atoms with van der Waals surface area (Å²) in [7, 11) is 0. The minimum atomic E-state index is -1.46.